The number of halogens is 1. The van der Waals surface area contributed by atoms with Crippen molar-refractivity contribution in [1.29, 1.82) is 0 Å². The van der Waals surface area contributed by atoms with Crippen LogP contribution in [-0.4, -0.2) is 71.9 Å². The van der Waals surface area contributed by atoms with Crippen molar-refractivity contribution >= 4 is 63.8 Å². The largest absolute Gasteiger partial charge is 0.465 e. The fourth-order valence-electron chi connectivity index (χ4n) is 5.02. The Balaban J connectivity index is 1.84. The van der Waals surface area contributed by atoms with E-state index in [1.165, 1.54) is 0 Å². The van der Waals surface area contributed by atoms with E-state index in [1.807, 2.05) is 41.5 Å². The zero-order chi connectivity index (χ0) is 38.4. The van der Waals surface area contributed by atoms with Gasteiger partial charge in [-0.3, -0.25) is 28.8 Å². The topological polar surface area (TPSA) is 185 Å². The number of para-hydroxylation sites is 1. The quantitative estimate of drug-likeness (QED) is 0.105. The summed E-state index contributed by atoms with van der Waals surface area (Å²) in [5, 5.41) is 11.9. The molecule has 282 valence electrons. The summed E-state index contributed by atoms with van der Waals surface area (Å²) in [4.78, 5) is 82.8. The van der Waals surface area contributed by atoms with Crippen LogP contribution in [0, 0.1) is 17.8 Å². The molecule has 0 fully saturated rings. The number of amides is 4. The van der Waals surface area contributed by atoms with Gasteiger partial charge < -0.3 is 35.7 Å². The van der Waals surface area contributed by atoms with Crippen molar-refractivity contribution in [3.63, 3.8) is 0 Å². The molecule has 0 spiro atoms. The molecule has 0 saturated heterocycles. The van der Waals surface area contributed by atoms with Crippen LogP contribution in [0.1, 0.15) is 77.7 Å². The van der Waals surface area contributed by atoms with Crippen molar-refractivity contribution in [3.05, 3.63) is 65.3 Å². The van der Waals surface area contributed by atoms with Gasteiger partial charge in [0.05, 0.1) is 19.6 Å². The Labute approximate surface area is 309 Å². The monoisotopic (exact) mass is 739 g/mol. The lowest BCUT2D eigenvalue weighted by Gasteiger charge is -2.25. The Morgan fingerprint density at radius 1 is 0.692 bits per heavy atom. The van der Waals surface area contributed by atoms with Gasteiger partial charge >= 0.3 is 11.9 Å². The fraction of sp³-hybridized carbons (Fsp3) is 0.474. The van der Waals surface area contributed by atoms with E-state index in [1.54, 1.807) is 54.6 Å². The van der Waals surface area contributed by atoms with Crippen LogP contribution in [0.4, 0.5) is 5.69 Å². The van der Waals surface area contributed by atoms with Crippen molar-refractivity contribution in [2.45, 2.75) is 85.4 Å². The van der Waals surface area contributed by atoms with E-state index in [-0.39, 0.29) is 55.9 Å². The second-order valence-electron chi connectivity index (χ2n) is 13.9. The molecule has 3 rings (SSSR count). The summed E-state index contributed by atoms with van der Waals surface area (Å²) in [5.41, 5.74) is 1.33. The smallest absolute Gasteiger partial charge is 0.308 e. The first-order valence-corrected chi connectivity index (χ1v) is 17.9. The summed E-state index contributed by atoms with van der Waals surface area (Å²) in [6.07, 6.45) is -0.660. The third-order valence-corrected chi connectivity index (χ3v) is 7.86. The number of H-pyrrole nitrogens is 1. The molecule has 52 heavy (non-hydrogen) atoms. The minimum atomic E-state index is -1.49. The van der Waals surface area contributed by atoms with E-state index in [0.29, 0.717) is 21.6 Å². The van der Waals surface area contributed by atoms with Crippen molar-refractivity contribution < 1.29 is 38.2 Å². The average Bonchev–Trinajstić information content (AvgIpc) is 3.51. The molecule has 3 aromatic rings. The number of anilines is 1. The van der Waals surface area contributed by atoms with Crippen molar-refractivity contribution in [2.24, 2.45) is 17.8 Å². The van der Waals surface area contributed by atoms with Crippen molar-refractivity contribution in [2.75, 3.05) is 18.5 Å². The molecule has 3 atom stereocenters. The molecule has 13 nitrogen and oxygen atoms in total. The molecule has 0 aliphatic heterocycles. The van der Waals surface area contributed by atoms with Crippen molar-refractivity contribution in [1.82, 2.24) is 20.9 Å². The summed E-state index contributed by atoms with van der Waals surface area (Å²) >= 11 is 6.10. The SMILES string of the molecule is CC(C)COC(=O)CC[C@H](NC(=O)[C@H](CC(=O)OCC(C)C)NC(=O)[C@H](CC(C)C)NC(=O)c1cc2cc(Cl)ccc2[nH]1)C(=O)Nc1ccccc1. The van der Waals surface area contributed by atoms with E-state index in [2.05, 4.69) is 26.3 Å². The molecule has 1 heterocycles. The normalized spacial score (nSPS) is 13.0. The van der Waals surface area contributed by atoms with Crippen LogP contribution in [0.15, 0.2) is 54.6 Å². The van der Waals surface area contributed by atoms with Gasteiger partial charge in [0.25, 0.3) is 5.91 Å². The number of fused-ring (bicyclic) bond motifs is 1. The molecule has 0 unspecified atom stereocenters. The Bertz CT molecular complexity index is 1690. The maximum Gasteiger partial charge on any atom is 0.308 e. The maximum atomic E-state index is 13.9. The van der Waals surface area contributed by atoms with Crippen LogP contribution in [0.2, 0.25) is 5.02 Å². The Hall–Kier alpha value is -4.91. The molecule has 0 aliphatic rings. The lowest BCUT2D eigenvalue weighted by atomic mass is 10.0. The zero-order valence-corrected chi connectivity index (χ0v) is 31.3. The fourth-order valence-corrected chi connectivity index (χ4v) is 5.20. The lowest BCUT2D eigenvalue weighted by molar-refractivity contribution is -0.147. The number of rotatable bonds is 19. The summed E-state index contributed by atoms with van der Waals surface area (Å²) in [6.45, 7) is 11.5. The minimum absolute atomic E-state index is 0.0126. The molecule has 4 amide bonds. The second kappa shape index (κ2) is 20.2. The predicted molar refractivity (Wildman–Crippen MR) is 198 cm³/mol. The van der Waals surface area contributed by atoms with Crippen LogP contribution in [0.5, 0.6) is 0 Å². The van der Waals surface area contributed by atoms with Crippen LogP contribution >= 0.6 is 11.6 Å². The number of hydrogen-bond acceptors (Lipinski definition) is 8. The first-order valence-electron chi connectivity index (χ1n) is 17.5. The maximum absolute atomic E-state index is 13.9. The highest BCUT2D eigenvalue weighted by Crippen LogP contribution is 2.20. The Morgan fingerprint density at radius 3 is 1.94 bits per heavy atom. The van der Waals surface area contributed by atoms with Gasteiger partial charge in [-0.2, -0.15) is 0 Å². The molecule has 2 aromatic carbocycles. The molecule has 0 saturated carbocycles. The van der Waals surface area contributed by atoms with E-state index in [0.717, 1.165) is 0 Å². The van der Waals surface area contributed by atoms with Gasteiger partial charge in [-0.1, -0.05) is 71.3 Å². The van der Waals surface area contributed by atoms with Gasteiger partial charge in [0, 0.05) is 28.0 Å². The third kappa shape index (κ3) is 14.0. The summed E-state index contributed by atoms with van der Waals surface area (Å²) in [5.74, 6) is -4.00. The van der Waals surface area contributed by atoms with Crippen LogP contribution in [-0.2, 0) is 33.4 Å². The van der Waals surface area contributed by atoms with Crippen LogP contribution in [0.25, 0.3) is 10.9 Å². The number of carbonyl (C=O) groups excluding carboxylic acids is 6. The zero-order valence-electron chi connectivity index (χ0n) is 30.5. The molecule has 14 heteroatoms. The van der Waals surface area contributed by atoms with Gasteiger partial charge in [-0.15, -0.1) is 0 Å². The number of aromatic nitrogens is 1. The molecule has 5 N–H and O–H groups in total. The lowest BCUT2D eigenvalue weighted by Crippen LogP contribution is -2.57. The first kappa shape index (κ1) is 41.5. The van der Waals surface area contributed by atoms with Crippen molar-refractivity contribution in [3.8, 4) is 0 Å². The molecular formula is C38H50ClN5O8. The van der Waals surface area contributed by atoms with Gasteiger partial charge in [-0.05, 0) is 67.0 Å². The summed E-state index contributed by atoms with van der Waals surface area (Å²) < 4.78 is 10.6. The highest BCUT2D eigenvalue weighted by Gasteiger charge is 2.32. The highest BCUT2D eigenvalue weighted by molar-refractivity contribution is 6.31. The van der Waals surface area contributed by atoms with E-state index in [4.69, 9.17) is 21.1 Å². The number of nitrogens with one attached hydrogen (secondary N) is 5. The Morgan fingerprint density at radius 2 is 1.31 bits per heavy atom. The number of hydrogen-bond donors (Lipinski definition) is 5. The Kier molecular flexibility index (Phi) is 16.1. The minimum Gasteiger partial charge on any atom is -0.465 e. The van der Waals surface area contributed by atoms with Crippen LogP contribution in [0.3, 0.4) is 0 Å². The number of ether oxygens (including phenoxy) is 2. The van der Waals surface area contributed by atoms with Gasteiger partial charge in [0.2, 0.25) is 17.7 Å². The molecule has 0 radical (unpaired) electrons. The van der Waals surface area contributed by atoms with E-state index in [9.17, 15) is 28.8 Å². The van der Waals surface area contributed by atoms with Crippen LogP contribution < -0.4 is 21.3 Å². The molecule has 0 bridgehead atoms. The highest BCUT2D eigenvalue weighted by atomic mass is 35.5. The number of carbonyl (C=O) groups is 6. The van der Waals surface area contributed by atoms with Gasteiger partial charge in [0.1, 0.15) is 23.8 Å². The second-order valence-corrected chi connectivity index (χ2v) is 14.4. The van der Waals surface area contributed by atoms with E-state index < -0.39 is 60.1 Å². The number of esters is 2. The summed E-state index contributed by atoms with van der Waals surface area (Å²) in [7, 11) is 0. The first-order chi connectivity index (χ1) is 24.6. The molecule has 1 aromatic heterocycles. The van der Waals surface area contributed by atoms with E-state index >= 15 is 0 Å². The predicted octanol–water partition coefficient (Wildman–Crippen LogP) is 5.14. The third-order valence-electron chi connectivity index (χ3n) is 7.63. The molecular weight excluding hydrogens is 690 g/mol. The average molecular weight is 740 g/mol. The molecule has 0 aliphatic carbocycles. The van der Waals surface area contributed by atoms with Gasteiger partial charge in [0.15, 0.2) is 0 Å². The van der Waals surface area contributed by atoms with Gasteiger partial charge in [-0.25, -0.2) is 0 Å². The number of benzene rings is 2. The standard InChI is InChI=1S/C38H50ClN5O8/c1-22(2)16-30(43-37(49)31-18-25-17-26(39)12-13-28(25)41-31)36(48)44-32(19-34(46)52-21-24(5)6)38(50)42-29(14-15-33(45)51-20-23(3)4)35(47)40-27-10-8-7-9-11-27/h7-13,17-18,22-24,29-30,32,41H,14-16,19-21H2,1-6H3,(H,40,47)(H,42,50)(H,43,49)(H,44,48)/t29-,30-,32-/m0/s1. The number of aromatic amines is 1. The summed E-state index contributed by atoms with van der Waals surface area (Å²) in [6, 6.07) is 11.4.